The lowest BCUT2D eigenvalue weighted by atomic mass is 9.89. The van der Waals surface area contributed by atoms with Gasteiger partial charge in [0.15, 0.2) is 0 Å². The first kappa shape index (κ1) is 13.8. The Morgan fingerprint density at radius 1 is 1.33 bits per heavy atom. The van der Waals surface area contributed by atoms with Gasteiger partial charge in [-0.2, -0.15) is 5.10 Å². The minimum atomic E-state index is 0.359. The van der Waals surface area contributed by atoms with Gasteiger partial charge in [-0.1, -0.05) is 0 Å². The van der Waals surface area contributed by atoms with E-state index in [1.54, 1.807) is 0 Å². The van der Waals surface area contributed by atoms with Crippen molar-refractivity contribution in [2.45, 2.75) is 50.6 Å². The van der Waals surface area contributed by atoms with E-state index < -0.39 is 0 Å². The number of rotatable bonds is 5. The van der Waals surface area contributed by atoms with Gasteiger partial charge in [0, 0.05) is 56.6 Å². The standard InChI is InChI=1S/C17H28N4/c1-17(14-5-6-14)12-21(16(11-18-17)13-3-4-13)10-8-15-7-9-19-20(15)2/h7,9,13-14,16,18H,3-6,8,10-12H2,1-2H3. The van der Waals surface area contributed by atoms with Gasteiger partial charge in [0.25, 0.3) is 0 Å². The molecule has 4 heteroatoms. The van der Waals surface area contributed by atoms with Crippen LogP contribution < -0.4 is 5.32 Å². The maximum atomic E-state index is 4.30. The van der Waals surface area contributed by atoms with E-state index in [9.17, 15) is 0 Å². The molecule has 3 fully saturated rings. The van der Waals surface area contributed by atoms with Crippen LogP contribution in [-0.2, 0) is 13.5 Å². The molecular formula is C17H28N4. The van der Waals surface area contributed by atoms with Crippen molar-refractivity contribution in [3.63, 3.8) is 0 Å². The third-order valence-corrected chi connectivity index (χ3v) is 5.94. The minimum absolute atomic E-state index is 0.359. The molecule has 0 spiro atoms. The van der Waals surface area contributed by atoms with Gasteiger partial charge in [-0.25, -0.2) is 0 Å². The van der Waals surface area contributed by atoms with Crippen LogP contribution in [0.3, 0.4) is 0 Å². The lowest BCUT2D eigenvalue weighted by Crippen LogP contribution is -2.64. The summed E-state index contributed by atoms with van der Waals surface area (Å²) in [6.45, 7) is 6.06. The second-order valence-electron chi connectivity index (χ2n) is 7.64. The molecule has 116 valence electrons. The van der Waals surface area contributed by atoms with Gasteiger partial charge in [-0.05, 0) is 50.5 Å². The lowest BCUT2D eigenvalue weighted by Gasteiger charge is -2.47. The number of nitrogens with one attached hydrogen (secondary N) is 1. The number of nitrogens with zero attached hydrogens (tertiary/aromatic N) is 3. The molecule has 0 aromatic carbocycles. The van der Waals surface area contributed by atoms with Gasteiger partial charge >= 0.3 is 0 Å². The molecule has 1 aromatic rings. The van der Waals surface area contributed by atoms with Crippen molar-refractivity contribution >= 4 is 0 Å². The largest absolute Gasteiger partial charge is 0.308 e. The fourth-order valence-electron chi connectivity index (χ4n) is 4.15. The summed E-state index contributed by atoms with van der Waals surface area (Å²) in [5.41, 5.74) is 1.72. The second kappa shape index (κ2) is 5.10. The topological polar surface area (TPSA) is 33.1 Å². The number of aryl methyl sites for hydroxylation is 1. The molecular weight excluding hydrogens is 260 g/mol. The van der Waals surface area contributed by atoms with Crippen molar-refractivity contribution in [1.29, 1.82) is 0 Å². The summed E-state index contributed by atoms with van der Waals surface area (Å²) in [6, 6.07) is 2.93. The first-order chi connectivity index (χ1) is 10.2. The zero-order chi connectivity index (χ0) is 14.4. The van der Waals surface area contributed by atoms with Crippen LogP contribution in [0.4, 0.5) is 0 Å². The zero-order valence-electron chi connectivity index (χ0n) is 13.4. The molecule has 1 aromatic heterocycles. The Morgan fingerprint density at radius 2 is 2.14 bits per heavy atom. The third-order valence-electron chi connectivity index (χ3n) is 5.94. The predicted molar refractivity (Wildman–Crippen MR) is 84.1 cm³/mol. The van der Waals surface area contributed by atoms with E-state index in [0.717, 1.165) is 24.3 Å². The van der Waals surface area contributed by atoms with Crippen LogP contribution in [0.1, 0.15) is 38.3 Å². The smallest absolute Gasteiger partial charge is 0.0492 e. The van der Waals surface area contributed by atoms with Crippen molar-refractivity contribution in [2.75, 3.05) is 19.6 Å². The molecule has 1 aliphatic heterocycles. The predicted octanol–water partition coefficient (Wildman–Crippen LogP) is 1.82. The Bertz CT molecular complexity index is 503. The van der Waals surface area contributed by atoms with Gasteiger partial charge in [0.05, 0.1) is 0 Å². The third kappa shape index (κ3) is 2.76. The van der Waals surface area contributed by atoms with Crippen LogP contribution in [0.25, 0.3) is 0 Å². The molecule has 2 atom stereocenters. The van der Waals surface area contributed by atoms with Crippen LogP contribution in [0.15, 0.2) is 12.3 Å². The van der Waals surface area contributed by atoms with Gasteiger partial charge < -0.3 is 5.32 Å². The summed E-state index contributed by atoms with van der Waals surface area (Å²) in [7, 11) is 2.06. The molecule has 1 saturated heterocycles. The molecule has 0 bridgehead atoms. The second-order valence-corrected chi connectivity index (χ2v) is 7.64. The molecule has 3 aliphatic rings. The van der Waals surface area contributed by atoms with Crippen LogP contribution in [0, 0.1) is 11.8 Å². The van der Waals surface area contributed by atoms with Crippen molar-refractivity contribution in [2.24, 2.45) is 18.9 Å². The van der Waals surface area contributed by atoms with Crippen LogP contribution >= 0.6 is 0 Å². The summed E-state index contributed by atoms with van der Waals surface area (Å²) in [5.74, 6) is 1.87. The Kier molecular flexibility index (Phi) is 3.34. The monoisotopic (exact) mass is 288 g/mol. The van der Waals surface area contributed by atoms with Crippen molar-refractivity contribution in [1.82, 2.24) is 20.0 Å². The SMILES string of the molecule is Cn1nccc1CCN1CC(C)(C2CC2)NCC1C1CC1. The number of hydrogen-bond acceptors (Lipinski definition) is 3. The Hall–Kier alpha value is -0.870. The summed E-state index contributed by atoms with van der Waals surface area (Å²) >= 11 is 0. The van der Waals surface area contributed by atoms with E-state index in [4.69, 9.17) is 0 Å². The number of aromatic nitrogens is 2. The fourth-order valence-corrected chi connectivity index (χ4v) is 4.15. The molecule has 4 rings (SSSR count). The zero-order valence-corrected chi connectivity index (χ0v) is 13.4. The Labute approximate surface area is 127 Å². The average molecular weight is 288 g/mol. The van der Waals surface area contributed by atoms with E-state index in [1.165, 1.54) is 51.0 Å². The Balaban J connectivity index is 1.44. The molecule has 0 amide bonds. The minimum Gasteiger partial charge on any atom is -0.308 e. The molecule has 1 N–H and O–H groups in total. The van der Waals surface area contributed by atoms with Crippen LogP contribution in [-0.4, -0.2) is 45.9 Å². The van der Waals surface area contributed by atoms with Gasteiger partial charge in [0.2, 0.25) is 0 Å². The molecule has 2 unspecified atom stereocenters. The number of piperazine rings is 1. The molecule has 4 nitrogen and oxygen atoms in total. The summed E-state index contributed by atoms with van der Waals surface area (Å²) < 4.78 is 2.02. The maximum Gasteiger partial charge on any atom is 0.0492 e. The molecule has 0 radical (unpaired) electrons. The van der Waals surface area contributed by atoms with E-state index in [0.29, 0.717) is 5.54 Å². The highest BCUT2D eigenvalue weighted by Gasteiger charge is 2.48. The molecule has 21 heavy (non-hydrogen) atoms. The highest BCUT2D eigenvalue weighted by atomic mass is 15.3. The van der Waals surface area contributed by atoms with Crippen molar-refractivity contribution < 1.29 is 0 Å². The summed E-state index contributed by atoms with van der Waals surface area (Å²) in [4.78, 5) is 2.79. The highest BCUT2D eigenvalue weighted by molar-refractivity contribution is 5.07. The van der Waals surface area contributed by atoms with Crippen LogP contribution in [0.2, 0.25) is 0 Å². The maximum absolute atomic E-state index is 4.30. The summed E-state index contributed by atoms with van der Waals surface area (Å²) in [5, 5.41) is 8.20. The quantitative estimate of drug-likeness (QED) is 0.897. The first-order valence-corrected chi connectivity index (χ1v) is 8.62. The van der Waals surface area contributed by atoms with E-state index in [2.05, 4.69) is 35.4 Å². The fraction of sp³-hybridized carbons (Fsp3) is 0.824. The van der Waals surface area contributed by atoms with Crippen molar-refractivity contribution in [3.05, 3.63) is 18.0 Å². The van der Waals surface area contributed by atoms with Crippen LogP contribution in [0.5, 0.6) is 0 Å². The Morgan fingerprint density at radius 3 is 2.76 bits per heavy atom. The van der Waals surface area contributed by atoms with Gasteiger partial charge in [0.1, 0.15) is 0 Å². The van der Waals surface area contributed by atoms with E-state index in [1.807, 2.05) is 10.9 Å². The summed E-state index contributed by atoms with van der Waals surface area (Å²) in [6.07, 6.45) is 8.77. The van der Waals surface area contributed by atoms with Gasteiger partial charge in [-0.15, -0.1) is 0 Å². The first-order valence-electron chi connectivity index (χ1n) is 8.62. The lowest BCUT2D eigenvalue weighted by molar-refractivity contribution is 0.0648. The normalized spacial score (nSPS) is 34.3. The molecule has 2 aliphatic carbocycles. The van der Waals surface area contributed by atoms with E-state index in [-0.39, 0.29) is 0 Å². The molecule has 2 heterocycles. The average Bonchev–Trinajstić information content (AvgIpc) is 3.35. The number of hydrogen-bond donors (Lipinski definition) is 1. The van der Waals surface area contributed by atoms with Crippen molar-refractivity contribution in [3.8, 4) is 0 Å². The molecule has 2 saturated carbocycles. The van der Waals surface area contributed by atoms with E-state index >= 15 is 0 Å². The van der Waals surface area contributed by atoms with Gasteiger partial charge in [-0.3, -0.25) is 9.58 Å². The highest BCUT2D eigenvalue weighted by Crippen LogP contribution is 2.44.